The Morgan fingerprint density at radius 3 is 2.76 bits per heavy atom. The van der Waals surface area contributed by atoms with Gasteiger partial charge in [0, 0.05) is 24.9 Å². The first-order valence-corrected chi connectivity index (χ1v) is 7.65. The molecule has 0 unspecified atom stereocenters. The van der Waals surface area contributed by atoms with E-state index < -0.39 is 0 Å². The van der Waals surface area contributed by atoms with Gasteiger partial charge in [0.15, 0.2) is 0 Å². The van der Waals surface area contributed by atoms with Crippen molar-refractivity contribution >= 4 is 0 Å². The highest BCUT2D eigenvalue weighted by Crippen LogP contribution is 2.15. The fourth-order valence-corrected chi connectivity index (χ4v) is 2.39. The number of hydrogen-bond donors (Lipinski definition) is 0. The van der Waals surface area contributed by atoms with E-state index in [4.69, 9.17) is 4.52 Å². The highest BCUT2D eigenvalue weighted by atomic mass is 16.5. The van der Waals surface area contributed by atoms with E-state index in [1.807, 2.05) is 30.3 Å². The van der Waals surface area contributed by atoms with Gasteiger partial charge in [-0.1, -0.05) is 23.4 Å². The zero-order chi connectivity index (χ0) is 17.2. The van der Waals surface area contributed by atoms with E-state index in [0.717, 1.165) is 11.4 Å². The molecule has 1 aromatic carbocycles. The monoisotopic (exact) mass is 334 g/mol. The molecule has 0 N–H and O–H groups in total. The van der Waals surface area contributed by atoms with Crippen LogP contribution in [0.3, 0.4) is 0 Å². The molecular weight excluding hydrogens is 320 g/mol. The van der Waals surface area contributed by atoms with Gasteiger partial charge >= 0.3 is 0 Å². The van der Waals surface area contributed by atoms with Crippen LogP contribution in [-0.2, 0) is 13.5 Å². The number of para-hydroxylation sites is 1. The van der Waals surface area contributed by atoms with E-state index in [0.29, 0.717) is 23.7 Å². The first kappa shape index (κ1) is 15.0. The minimum absolute atomic E-state index is 0.0926. The van der Waals surface area contributed by atoms with Crippen LogP contribution < -0.4 is 5.56 Å². The van der Waals surface area contributed by atoms with Crippen molar-refractivity contribution in [3.05, 3.63) is 76.8 Å². The minimum Gasteiger partial charge on any atom is -0.339 e. The summed E-state index contributed by atoms with van der Waals surface area (Å²) in [6.07, 6.45) is 3.72. The summed E-state index contributed by atoms with van der Waals surface area (Å²) in [6.45, 7) is 0. The van der Waals surface area contributed by atoms with Crippen LogP contribution in [0.4, 0.5) is 0 Å². The Morgan fingerprint density at radius 2 is 1.96 bits per heavy atom. The summed E-state index contributed by atoms with van der Waals surface area (Å²) >= 11 is 0. The maximum absolute atomic E-state index is 11.4. The lowest BCUT2D eigenvalue weighted by Gasteiger charge is -1.97. The van der Waals surface area contributed by atoms with Gasteiger partial charge in [-0.05, 0) is 18.2 Å². The number of benzene rings is 1. The molecule has 0 bridgehead atoms. The normalized spacial score (nSPS) is 10.9. The molecule has 0 atom stereocenters. The first-order valence-electron chi connectivity index (χ1n) is 7.65. The Morgan fingerprint density at radius 1 is 1.12 bits per heavy atom. The van der Waals surface area contributed by atoms with E-state index in [1.165, 1.54) is 10.6 Å². The van der Waals surface area contributed by atoms with Crippen molar-refractivity contribution < 1.29 is 4.52 Å². The number of nitrogens with zero attached hydrogens (tertiary/aromatic N) is 6. The highest BCUT2D eigenvalue weighted by molar-refractivity contribution is 5.52. The van der Waals surface area contributed by atoms with Crippen LogP contribution in [-0.4, -0.2) is 29.7 Å². The lowest BCUT2D eigenvalue weighted by molar-refractivity contribution is 0.384. The summed E-state index contributed by atoms with van der Waals surface area (Å²) in [5, 5.41) is 12.6. The molecule has 25 heavy (non-hydrogen) atoms. The molecule has 0 radical (unpaired) electrons. The third-order valence-corrected chi connectivity index (χ3v) is 3.67. The second kappa shape index (κ2) is 6.16. The van der Waals surface area contributed by atoms with Gasteiger partial charge in [-0.3, -0.25) is 4.79 Å². The second-order valence-corrected chi connectivity index (χ2v) is 5.52. The number of pyridine rings is 1. The summed E-state index contributed by atoms with van der Waals surface area (Å²) in [6, 6.07) is 12.8. The maximum atomic E-state index is 11.4. The van der Waals surface area contributed by atoms with Crippen molar-refractivity contribution in [2.24, 2.45) is 7.05 Å². The Bertz CT molecular complexity index is 1060. The maximum Gasteiger partial charge on any atom is 0.250 e. The molecule has 0 amide bonds. The quantitative estimate of drug-likeness (QED) is 0.563. The lowest BCUT2D eigenvalue weighted by atomic mass is 10.2. The Labute approximate surface area is 142 Å². The first-order chi connectivity index (χ1) is 12.2. The molecular formula is C17H14N6O2. The molecule has 124 valence electrons. The Hall–Kier alpha value is -3.55. The van der Waals surface area contributed by atoms with Crippen LogP contribution in [0.15, 0.2) is 64.2 Å². The molecule has 3 heterocycles. The van der Waals surface area contributed by atoms with Gasteiger partial charge in [0.1, 0.15) is 0 Å². The van der Waals surface area contributed by atoms with E-state index in [-0.39, 0.29) is 5.56 Å². The SMILES string of the molecule is Cn1cc(-c2noc(Cc3cnn(-c4ccccc4)n3)n2)ccc1=O. The Balaban J connectivity index is 1.54. The van der Waals surface area contributed by atoms with Crippen molar-refractivity contribution in [1.82, 2.24) is 29.7 Å². The van der Waals surface area contributed by atoms with Gasteiger partial charge in [0.25, 0.3) is 0 Å². The van der Waals surface area contributed by atoms with E-state index in [9.17, 15) is 4.79 Å². The van der Waals surface area contributed by atoms with Crippen LogP contribution in [0.5, 0.6) is 0 Å². The predicted octanol–water partition coefficient (Wildman–Crippen LogP) is 1.61. The molecule has 8 nitrogen and oxygen atoms in total. The molecule has 0 aliphatic carbocycles. The van der Waals surface area contributed by atoms with Crippen LogP contribution in [0.25, 0.3) is 17.1 Å². The van der Waals surface area contributed by atoms with Crippen molar-refractivity contribution in [1.29, 1.82) is 0 Å². The fraction of sp³-hybridized carbons (Fsp3) is 0.118. The molecule has 4 rings (SSSR count). The summed E-state index contributed by atoms with van der Waals surface area (Å²) in [5.74, 6) is 0.866. The smallest absolute Gasteiger partial charge is 0.250 e. The average Bonchev–Trinajstić information content (AvgIpc) is 3.28. The van der Waals surface area contributed by atoms with Gasteiger partial charge in [-0.2, -0.15) is 20.0 Å². The molecule has 0 saturated heterocycles. The minimum atomic E-state index is -0.0926. The third kappa shape index (κ3) is 3.09. The van der Waals surface area contributed by atoms with Crippen molar-refractivity contribution in [3.63, 3.8) is 0 Å². The standard InChI is InChI=1S/C17H14N6O2/c1-22-11-12(7-8-16(22)24)17-19-15(25-21-17)9-13-10-18-23(20-13)14-5-3-2-4-6-14/h2-8,10-11H,9H2,1H3. The number of hydrogen-bond acceptors (Lipinski definition) is 6. The van der Waals surface area contributed by atoms with E-state index in [1.54, 1.807) is 30.3 Å². The molecule has 8 heteroatoms. The third-order valence-electron chi connectivity index (χ3n) is 3.67. The van der Waals surface area contributed by atoms with Gasteiger partial charge in [-0.25, -0.2) is 0 Å². The lowest BCUT2D eigenvalue weighted by Crippen LogP contribution is -2.14. The summed E-state index contributed by atoms with van der Waals surface area (Å²) < 4.78 is 6.75. The average molecular weight is 334 g/mol. The van der Waals surface area contributed by atoms with Crippen molar-refractivity contribution in [2.45, 2.75) is 6.42 Å². The van der Waals surface area contributed by atoms with Crippen molar-refractivity contribution in [3.8, 4) is 17.1 Å². The van der Waals surface area contributed by atoms with E-state index in [2.05, 4.69) is 20.3 Å². The zero-order valence-corrected chi connectivity index (χ0v) is 13.4. The number of aryl methyl sites for hydroxylation is 1. The van der Waals surface area contributed by atoms with Crippen LogP contribution in [0.1, 0.15) is 11.6 Å². The highest BCUT2D eigenvalue weighted by Gasteiger charge is 2.12. The summed E-state index contributed by atoms with van der Waals surface area (Å²) in [4.78, 5) is 17.4. The predicted molar refractivity (Wildman–Crippen MR) is 89.1 cm³/mol. The van der Waals surface area contributed by atoms with Gasteiger partial charge in [-0.15, -0.1) is 0 Å². The summed E-state index contributed by atoms with van der Waals surface area (Å²) in [5.41, 5.74) is 2.22. The van der Waals surface area contributed by atoms with Gasteiger partial charge < -0.3 is 9.09 Å². The van der Waals surface area contributed by atoms with Crippen molar-refractivity contribution in [2.75, 3.05) is 0 Å². The molecule has 0 aliphatic rings. The van der Waals surface area contributed by atoms with Gasteiger partial charge in [0.2, 0.25) is 17.3 Å². The van der Waals surface area contributed by atoms with Crippen LogP contribution in [0, 0.1) is 0 Å². The van der Waals surface area contributed by atoms with Gasteiger partial charge in [0.05, 0.1) is 24.0 Å². The number of aromatic nitrogens is 6. The second-order valence-electron chi connectivity index (χ2n) is 5.52. The largest absolute Gasteiger partial charge is 0.339 e. The topological polar surface area (TPSA) is 91.6 Å². The molecule has 0 spiro atoms. The van der Waals surface area contributed by atoms with E-state index >= 15 is 0 Å². The summed E-state index contributed by atoms with van der Waals surface area (Å²) in [7, 11) is 1.68. The molecule has 0 aliphatic heterocycles. The van der Waals surface area contributed by atoms with Crippen LogP contribution >= 0.6 is 0 Å². The zero-order valence-electron chi connectivity index (χ0n) is 13.4. The van der Waals surface area contributed by atoms with Crippen LogP contribution in [0.2, 0.25) is 0 Å². The number of rotatable bonds is 4. The fourth-order valence-electron chi connectivity index (χ4n) is 2.39. The molecule has 4 aromatic rings. The molecule has 0 fully saturated rings. The Kier molecular flexibility index (Phi) is 3.70. The molecule has 0 saturated carbocycles. The molecule has 3 aromatic heterocycles.